The van der Waals surface area contributed by atoms with Crippen molar-refractivity contribution >= 4 is 11.9 Å². The molecule has 33 heavy (non-hydrogen) atoms. The number of aromatic nitrogens is 5. The second kappa shape index (κ2) is 8.48. The number of rotatable bonds is 5. The van der Waals surface area contributed by atoms with Gasteiger partial charge in [0.05, 0.1) is 17.2 Å². The number of carbonyl (C=O) groups is 2. The molecule has 0 aliphatic heterocycles. The van der Waals surface area contributed by atoms with Crippen molar-refractivity contribution in [1.29, 1.82) is 0 Å². The number of alkyl halides is 6. The molecule has 174 valence electrons. The molecule has 1 amide bonds. The summed E-state index contributed by atoms with van der Waals surface area (Å²) >= 11 is 0. The Labute approximate surface area is 180 Å². The lowest BCUT2D eigenvalue weighted by Crippen LogP contribution is -2.29. The van der Waals surface area contributed by atoms with Crippen molar-refractivity contribution in [2.24, 2.45) is 0 Å². The van der Waals surface area contributed by atoms with Gasteiger partial charge >= 0.3 is 18.3 Å². The lowest BCUT2D eigenvalue weighted by atomic mass is 10.0. The molecular weight excluding hydrogens is 462 g/mol. The van der Waals surface area contributed by atoms with Crippen molar-refractivity contribution in [3.05, 3.63) is 65.0 Å². The first-order valence-corrected chi connectivity index (χ1v) is 8.85. The van der Waals surface area contributed by atoms with E-state index in [4.69, 9.17) is 5.11 Å². The molecule has 0 bridgehead atoms. The summed E-state index contributed by atoms with van der Waals surface area (Å²) in [6, 6.07) is 0.666. The zero-order valence-electron chi connectivity index (χ0n) is 16.3. The number of hydrogen-bond acceptors (Lipinski definition) is 6. The highest BCUT2D eigenvalue weighted by molar-refractivity contribution is 5.95. The highest BCUT2D eigenvalue weighted by Gasteiger charge is 2.37. The van der Waals surface area contributed by atoms with Crippen LogP contribution in [0, 0.1) is 0 Å². The Hall–Kier alpha value is -4.04. The Morgan fingerprint density at radius 3 is 2.03 bits per heavy atom. The fourth-order valence-corrected chi connectivity index (χ4v) is 2.67. The second-order valence-corrected chi connectivity index (χ2v) is 6.55. The molecule has 9 nitrogen and oxygen atoms in total. The Morgan fingerprint density at radius 1 is 1.00 bits per heavy atom. The van der Waals surface area contributed by atoms with Crippen LogP contribution in [0.25, 0.3) is 5.95 Å². The third-order valence-electron chi connectivity index (χ3n) is 4.15. The van der Waals surface area contributed by atoms with Crippen LogP contribution in [0.4, 0.5) is 26.3 Å². The highest BCUT2D eigenvalue weighted by atomic mass is 19.4. The van der Waals surface area contributed by atoms with Crippen LogP contribution < -0.4 is 5.32 Å². The Balaban J connectivity index is 1.98. The fourth-order valence-electron chi connectivity index (χ4n) is 2.67. The van der Waals surface area contributed by atoms with Gasteiger partial charge in [-0.05, 0) is 31.2 Å². The van der Waals surface area contributed by atoms with Crippen LogP contribution in [0.15, 0.2) is 36.7 Å². The maximum atomic E-state index is 13.1. The maximum Gasteiger partial charge on any atom is 0.416 e. The van der Waals surface area contributed by atoms with Crippen LogP contribution in [-0.2, 0) is 12.4 Å². The summed E-state index contributed by atoms with van der Waals surface area (Å²) in [5.41, 5.74) is -4.24. The van der Waals surface area contributed by atoms with E-state index in [9.17, 15) is 35.9 Å². The number of nitrogens with one attached hydrogen (secondary N) is 1. The summed E-state index contributed by atoms with van der Waals surface area (Å²) in [4.78, 5) is 35.3. The van der Waals surface area contributed by atoms with Gasteiger partial charge in [0.15, 0.2) is 5.82 Å². The highest BCUT2D eigenvalue weighted by Crippen LogP contribution is 2.36. The normalized spacial score (nSPS) is 12.9. The van der Waals surface area contributed by atoms with E-state index in [1.807, 2.05) is 0 Å². The van der Waals surface area contributed by atoms with Crippen molar-refractivity contribution in [2.45, 2.75) is 25.3 Å². The molecule has 0 saturated carbocycles. The predicted molar refractivity (Wildman–Crippen MR) is 96.2 cm³/mol. The molecule has 3 rings (SSSR count). The minimum absolute atomic E-state index is 0.108. The molecule has 2 heterocycles. The van der Waals surface area contributed by atoms with E-state index in [0.717, 1.165) is 4.68 Å². The number of carboxylic acids is 1. The van der Waals surface area contributed by atoms with Crippen LogP contribution in [0.2, 0.25) is 0 Å². The Morgan fingerprint density at radius 2 is 1.55 bits per heavy atom. The number of carboxylic acid groups (broad SMARTS) is 1. The van der Waals surface area contributed by atoms with Gasteiger partial charge in [0.2, 0.25) is 0 Å². The van der Waals surface area contributed by atoms with Gasteiger partial charge in [-0.3, -0.25) is 4.79 Å². The number of nitrogens with zero attached hydrogens (tertiary/aromatic N) is 5. The van der Waals surface area contributed by atoms with Crippen LogP contribution in [0.3, 0.4) is 0 Å². The van der Waals surface area contributed by atoms with E-state index in [0.29, 0.717) is 0 Å². The van der Waals surface area contributed by atoms with Gasteiger partial charge in [-0.1, -0.05) is 0 Å². The molecular formula is C18H12F6N6O3. The Bertz CT molecular complexity index is 1160. The van der Waals surface area contributed by atoms with Gasteiger partial charge in [0.25, 0.3) is 17.7 Å². The molecule has 1 unspecified atom stereocenters. The number of carbonyl (C=O) groups excluding carboxylic acids is 1. The maximum absolute atomic E-state index is 13.1. The molecule has 2 N–H and O–H groups in total. The van der Waals surface area contributed by atoms with E-state index >= 15 is 0 Å². The summed E-state index contributed by atoms with van der Waals surface area (Å²) in [5, 5.41) is 15.0. The van der Waals surface area contributed by atoms with Crippen LogP contribution >= 0.6 is 0 Å². The molecule has 1 atom stereocenters. The van der Waals surface area contributed by atoms with Gasteiger partial charge < -0.3 is 10.4 Å². The van der Waals surface area contributed by atoms with Gasteiger partial charge in [-0.25, -0.2) is 19.7 Å². The molecule has 1 aromatic carbocycles. The van der Waals surface area contributed by atoms with Gasteiger partial charge in [-0.15, -0.1) is 5.10 Å². The number of aromatic carboxylic acids is 1. The molecule has 0 aliphatic rings. The number of halogens is 6. The van der Waals surface area contributed by atoms with Crippen LogP contribution in [0.1, 0.15) is 50.9 Å². The van der Waals surface area contributed by atoms with Crippen molar-refractivity contribution in [3.63, 3.8) is 0 Å². The quantitative estimate of drug-likeness (QED) is 0.544. The average Bonchev–Trinajstić information content (AvgIpc) is 3.19. The van der Waals surface area contributed by atoms with E-state index in [1.165, 1.54) is 25.4 Å². The number of amides is 1. The lowest BCUT2D eigenvalue weighted by molar-refractivity contribution is -0.143. The molecule has 0 aliphatic carbocycles. The molecule has 3 aromatic rings. The second-order valence-electron chi connectivity index (χ2n) is 6.55. The first kappa shape index (κ1) is 23.6. The zero-order chi connectivity index (χ0) is 24.6. The number of hydrogen-bond donors (Lipinski definition) is 2. The van der Waals surface area contributed by atoms with E-state index in [2.05, 4.69) is 25.4 Å². The van der Waals surface area contributed by atoms with E-state index in [1.54, 1.807) is 0 Å². The van der Waals surface area contributed by atoms with E-state index < -0.39 is 52.8 Å². The summed E-state index contributed by atoms with van der Waals surface area (Å²) in [5.74, 6) is -3.88. The van der Waals surface area contributed by atoms with Gasteiger partial charge in [0, 0.05) is 18.0 Å². The smallest absolute Gasteiger partial charge is 0.416 e. The number of benzene rings is 1. The van der Waals surface area contributed by atoms with E-state index in [-0.39, 0.29) is 30.0 Å². The molecule has 0 fully saturated rings. The first-order chi connectivity index (χ1) is 15.3. The monoisotopic (exact) mass is 474 g/mol. The van der Waals surface area contributed by atoms with Crippen LogP contribution in [-0.4, -0.2) is 41.7 Å². The molecule has 0 spiro atoms. The third kappa shape index (κ3) is 5.24. The van der Waals surface area contributed by atoms with Crippen molar-refractivity contribution in [2.75, 3.05) is 0 Å². The molecule has 0 radical (unpaired) electrons. The Kier molecular flexibility index (Phi) is 6.07. The van der Waals surface area contributed by atoms with Gasteiger partial charge in [-0.2, -0.15) is 31.0 Å². The average molecular weight is 474 g/mol. The summed E-state index contributed by atoms with van der Waals surface area (Å²) in [6.45, 7) is 1.27. The summed E-state index contributed by atoms with van der Waals surface area (Å²) in [6.07, 6.45) is -7.66. The predicted octanol–water partition coefficient (Wildman–Crippen LogP) is 3.28. The third-order valence-corrected chi connectivity index (χ3v) is 4.15. The zero-order valence-corrected chi connectivity index (χ0v) is 16.3. The van der Waals surface area contributed by atoms with Crippen molar-refractivity contribution in [1.82, 2.24) is 30.0 Å². The van der Waals surface area contributed by atoms with Crippen LogP contribution in [0.5, 0.6) is 0 Å². The molecule has 15 heteroatoms. The van der Waals surface area contributed by atoms with Crippen molar-refractivity contribution < 1.29 is 41.0 Å². The summed E-state index contributed by atoms with van der Waals surface area (Å²) < 4.78 is 79.2. The first-order valence-electron chi connectivity index (χ1n) is 8.85. The van der Waals surface area contributed by atoms with Gasteiger partial charge in [0.1, 0.15) is 0 Å². The summed E-state index contributed by atoms with van der Waals surface area (Å²) in [7, 11) is 0. The topological polar surface area (TPSA) is 123 Å². The minimum atomic E-state index is -5.14. The lowest BCUT2D eigenvalue weighted by Gasteiger charge is -2.16. The standard InChI is InChI=1S/C18H12F6N6O3/c1-8(13-28-12(15(32)33)29-30(13)16-25-3-2-4-26-16)27-14(31)9-5-10(17(19,20)21)7-11(6-9)18(22,23)24/h2-8H,1H3,(H,27,31)(H,32,33). The molecule has 2 aromatic heterocycles. The molecule has 0 saturated heterocycles. The SMILES string of the molecule is CC(NC(=O)c1cc(C(F)(F)F)cc(C(F)(F)F)c1)c1nc(C(=O)O)nn1-c1ncccn1. The minimum Gasteiger partial charge on any atom is -0.475 e. The fraction of sp³-hybridized carbons (Fsp3) is 0.222. The largest absolute Gasteiger partial charge is 0.475 e. The van der Waals surface area contributed by atoms with Crippen molar-refractivity contribution in [3.8, 4) is 5.95 Å².